The average molecular weight is 438 g/mol. The van der Waals surface area contributed by atoms with Crippen molar-refractivity contribution in [2.45, 2.75) is 26.8 Å². The van der Waals surface area contributed by atoms with Crippen molar-refractivity contribution in [2.24, 2.45) is 0 Å². The van der Waals surface area contributed by atoms with Crippen LogP contribution in [-0.4, -0.2) is 58.3 Å². The molecule has 0 aliphatic carbocycles. The summed E-state index contributed by atoms with van der Waals surface area (Å²) >= 11 is 0. The van der Waals surface area contributed by atoms with Gasteiger partial charge in [0, 0.05) is 43.8 Å². The SMILES string of the molecule is CCOC(=O)c1cc2cnc(Nc3ccc(N4CCNCC4)nc3)nc2n(C(C)C)c1=O. The zero-order valence-electron chi connectivity index (χ0n) is 18.5. The molecular formula is C22H27N7O3. The molecule has 1 saturated heterocycles. The minimum Gasteiger partial charge on any atom is -0.462 e. The van der Waals surface area contributed by atoms with Crippen molar-refractivity contribution in [2.75, 3.05) is 43.0 Å². The number of aromatic nitrogens is 4. The number of hydrogen-bond acceptors (Lipinski definition) is 9. The summed E-state index contributed by atoms with van der Waals surface area (Å²) in [6.07, 6.45) is 3.33. The smallest absolute Gasteiger partial charge is 0.343 e. The van der Waals surface area contributed by atoms with Crippen LogP contribution in [0.5, 0.6) is 0 Å². The number of carbonyl (C=O) groups is 1. The van der Waals surface area contributed by atoms with E-state index in [4.69, 9.17) is 4.74 Å². The number of piperazine rings is 1. The fraction of sp³-hybridized carbons (Fsp3) is 0.409. The number of anilines is 3. The Hall–Kier alpha value is -3.53. The van der Waals surface area contributed by atoms with E-state index in [1.165, 1.54) is 10.6 Å². The molecule has 1 aliphatic rings. The fourth-order valence-corrected chi connectivity index (χ4v) is 3.68. The molecule has 0 radical (unpaired) electrons. The molecule has 3 aromatic heterocycles. The molecule has 32 heavy (non-hydrogen) atoms. The maximum atomic E-state index is 13.0. The summed E-state index contributed by atoms with van der Waals surface area (Å²) < 4.78 is 6.52. The minimum atomic E-state index is -0.647. The first-order valence-corrected chi connectivity index (χ1v) is 10.8. The Kier molecular flexibility index (Phi) is 6.31. The van der Waals surface area contributed by atoms with Crippen LogP contribution in [0.1, 0.15) is 37.2 Å². The zero-order valence-corrected chi connectivity index (χ0v) is 18.5. The lowest BCUT2D eigenvalue weighted by molar-refractivity contribution is 0.0523. The maximum Gasteiger partial charge on any atom is 0.343 e. The van der Waals surface area contributed by atoms with Crippen LogP contribution < -0.4 is 21.1 Å². The molecule has 1 aliphatic heterocycles. The number of ether oxygens (including phenoxy) is 1. The standard InChI is InChI=1S/C22H27N7O3/c1-4-32-21(31)17-11-15-12-25-22(27-19(15)29(14(2)3)20(17)30)26-16-5-6-18(24-13-16)28-9-7-23-8-10-28/h5-6,11-14,23H,4,7-10H2,1-3H3,(H,25,26,27). The molecule has 0 amide bonds. The molecule has 10 heteroatoms. The van der Waals surface area contributed by atoms with E-state index in [2.05, 4.69) is 30.5 Å². The summed E-state index contributed by atoms with van der Waals surface area (Å²) in [6.45, 7) is 9.37. The minimum absolute atomic E-state index is 0.0231. The topological polar surface area (TPSA) is 114 Å². The second-order valence-electron chi connectivity index (χ2n) is 7.79. The Morgan fingerprint density at radius 2 is 2.00 bits per heavy atom. The third-order valence-corrected chi connectivity index (χ3v) is 5.23. The van der Waals surface area contributed by atoms with Crippen LogP contribution in [0.3, 0.4) is 0 Å². The Bertz CT molecular complexity index is 1170. The van der Waals surface area contributed by atoms with Crippen molar-refractivity contribution < 1.29 is 9.53 Å². The molecule has 1 fully saturated rings. The molecule has 0 bridgehead atoms. The van der Waals surface area contributed by atoms with Gasteiger partial charge in [0.2, 0.25) is 5.95 Å². The van der Waals surface area contributed by atoms with Crippen molar-refractivity contribution in [3.8, 4) is 0 Å². The number of nitrogens with one attached hydrogen (secondary N) is 2. The Morgan fingerprint density at radius 3 is 2.66 bits per heavy atom. The van der Waals surface area contributed by atoms with E-state index >= 15 is 0 Å². The van der Waals surface area contributed by atoms with Crippen molar-refractivity contribution in [3.05, 3.63) is 46.5 Å². The highest BCUT2D eigenvalue weighted by Crippen LogP contribution is 2.20. The molecule has 0 saturated carbocycles. The first-order chi connectivity index (χ1) is 15.5. The molecular weight excluding hydrogens is 410 g/mol. The van der Waals surface area contributed by atoms with Crippen molar-refractivity contribution in [3.63, 3.8) is 0 Å². The zero-order chi connectivity index (χ0) is 22.7. The van der Waals surface area contributed by atoms with Crippen LogP contribution in [-0.2, 0) is 4.74 Å². The van der Waals surface area contributed by atoms with Gasteiger partial charge in [0.15, 0.2) is 0 Å². The largest absolute Gasteiger partial charge is 0.462 e. The average Bonchev–Trinajstić information content (AvgIpc) is 2.79. The van der Waals surface area contributed by atoms with Gasteiger partial charge < -0.3 is 20.3 Å². The number of hydrogen-bond donors (Lipinski definition) is 2. The summed E-state index contributed by atoms with van der Waals surface area (Å²) in [5.74, 6) is 0.621. The van der Waals surface area contributed by atoms with Gasteiger partial charge in [-0.05, 0) is 39.0 Å². The number of esters is 1. The highest BCUT2D eigenvalue weighted by molar-refractivity contribution is 5.93. The fourth-order valence-electron chi connectivity index (χ4n) is 3.68. The lowest BCUT2D eigenvalue weighted by Crippen LogP contribution is -2.43. The molecule has 10 nitrogen and oxygen atoms in total. The quantitative estimate of drug-likeness (QED) is 0.560. The third-order valence-electron chi connectivity index (χ3n) is 5.23. The van der Waals surface area contributed by atoms with Crippen LogP contribution in [0, 0.1) is 0 Å². The van der Waals surface area contributed by atoms with Gasteiger partial charge in [-0.3, -0.25) is 9.36 Å². The van der Waals surface area contributed by atoms with Gasteiger partial charge in [0.1, 0.15) is 17.0 Å². The van der Waals surface area contributed by atoms with E-state index in [1.807, 2.05) is 26.0 Å². The van der Waals surface area contributed by atoms with Gasteiger partial charge >= 0.3 is 5.97 Å². The molecule has 3 aromatic rings. The Labute approximate surface area is 185 Å². The van der Waals surface area contributed by atoms with Gasteiger partial charge in [-0.25, -0.2) is 14.8 Å². The molecule has 4 rings (SSSR count). The van der Waals surface area contributed by atoms with Crippen molar-refractivity contribution >= 4 is 34.5 Å². The molecule has 0 spiro atoms. The van der Waals surface area contributed by atoms with E-state index in [0.717, 1.165) is 37.7 Å². The molecule has 168 valence electrons. The van der Waals surface area contributed by atoms with Crippen LogP contribution in [0.2, 0.25) is 0 Å². The van der Waals surface area contributed by atoms with Gasteiger partial charge in [0.25, 0.3) is 5.56 Å². The van der Waals surface area contributed by atoms with E-state index < -0.39 is 11.5 Å². The Balaban J connectivity index is 1.64. The molecule has 2 N–H and O–H groups in total. The van der Waals surface area contributed by atoms with E-state index in [0.29, 0.717) is 17.0 Å². The number of carbonyl (C=O) groups excluding carboxylic acids is 1. The van der Waals surface area contributed by atoms with Gasteiger partial charge in [-0.2, -0.15) is 4.98 Å². The summed E-state index contributed by atoms with van der Waals surface area (Å²) in [6, 6.07) is 5.17. The van der Waals surface area contributed by atoms with Crippen molar-refractivity contribution in [1.29, 1.82) is 0 Å². The number of rotatable bonds is 6. The highest BCUT2D eigenvalue weighted by Gasteiger charge is 2.19. The predicted octanol–water partition coefficient (Wildman–Crippen LogP) is 2.10. The highest BCUT2D eigenvalue weighted by atomic mass is 16.5. The van der Waals surface area contributed by atoms with Crippen LogP contribution in [0.4, 0.5) is 17.5 Å². The van der Waals surface area contributed by atoms with Gasteiger partial charge in [-0.15, -0.1) is 0 Å². The number of pyridine rings is 2. The molecule has 0 atom stereocenters. The Morgan fingerprint density at radius 1 is 1.22 bits per heavy atom. The lowest BCUT2D eigenvalue weighted by atomic mass is 10.2. The number of nitrogens with zero attached hydrogens (tertiary/aromatic N) is 5. The van der Waals surface area contributed by atoms with E-state index in [-0.39, 0.29) is 18.2 Å². The summed E-state index contributed by atoms with van der Waals surface area (Å²) in [5, 5.41) is 7.06. The second-order valence-corrected chi connectivity index (χ2v) is 7.79. The number of fused-ring (bicyclic) bond motifs is 1. The van der Waals surface area contributed by atoms with Gasteiger partial charge in [0.05, 0.1) is 18.5 Å². The molecule has 0 unspecified atom stereocenters. The van der Waals surface area contributed by atoms with Gasteiger partial charge in [-0.1, -0.05) is 0 Å². The van der Waals surface area contributed by atoms with Crippen LogP contribution in [0.15, 0.2) is 35.4 Å². The maximum absolute atomic E-state index is 13.0. The second kappa shape index (κ2) is 9.31. The molecule has 0 aromatic carbocycles. The monoisotopic (exact) mass is 437 g/mol. The summed E-state index contributed by atoms with van der Waals surface area (Å²) in [5.41, 5.74) is 0.730. The summed E-state index contributed by atoms with van der Waals surface area (Å²) in [7, 11) is 0. The normalized spacial score (nSPS) is 14.1. The van der Waals surface area contributed by atoms with Crippen molar-refractivity contribution in [1.82, 2.24) is 24.8 Å². The van der Waals surface area contributed by atoms with Crippen LogP contribution in [0.25, 0.3) is 11.0 Å². The van der Waals surface area contributed by atoms with Crippen LogP contribution >= 0.6 is 0 Å². The first kappa shape index (κ1) is 21.7. The lowest BCUT2D eigenvalue weighted by Gasteiger charge is -2.28. The van der Waals surface area contributed by atoms with E-state index in [9.17, 15) is 9.59 Å². The third kappa shape index (κ3) is 4.40. The van der Waals surface area contributed by atoms with E-state index in [1.54, 1.807) is 19.3 Å². The summed E-state index contributed by atoms with van der Waals surface area (Å²) in [4.78, 5) is 40.9. The first-order valence-electron chi connectivity index (χ1n) is 10.8. The predicted molar refractivity (Wildman–Crippen MR) is 123 cm³/mol. The molecule has 4 heterocycles.